The summed E-state index contributed by atoms with van der Waals surface area (Å²) in [4.78, 5) is 18.1. The van der Waals surface area contributed by atoms with Gasteiger partial charge < -0.3 is 20.9 Å². The van der Waals surface area contributed by atoms with Crippen molar-refractivity contribution in [3.05, 3.63) is 0 Å². The molecular formula is C17H38IN5O. The highest BCUT2D eigenvalue weighted by Gasteiger charge is 2.13. The Labute approximate surface area is 165 Å². The van der Waals surface area contributed by atoms with Crippen molar-refractivity contribution in [2.75, 3.05) is 40.8 Å². The highest BCUT2D eigenvalue weighted by Crippen LogP contribution is 2.02. The lowest BCUT2D eigenvalue weighted by atomic mass is 10.1. The summed E-state index contributed by atoms with van der Waals surface area (Å²) in [5.41, 5.74) is -0.206. The number of hydrogen-bond acceptors (Lipinski definition) is 3. The molecule has 0 bridgehead atoms. The van der Waals surface area contributed by atoms with Crippen molar-refractivity contribution in [3.8, 4) is 0 Å². The molecule has 0 fully saturated rings. The lowest BCUT2D eigenvalue weighted by Crippen LogP contribution is -2.48. The SMILES string of the molecule is CN=C(NCCCCCCCN(C)C)NCC(=O)NC(C)(C)C.I. The van der Waals surface area contributed by atoms with Crippen molar-refractivity contribution in [1.29, 1.82) is 0 Å². The van der Waals surface area contributed by atoms with Gasteiger partial charge in [-0.2, -0.15) is 0 Å². The Hall–Kier alpha value is -0.570. The molecule has 1 amide bonds. The molecular weight excluding hydrogens is 417 g/mol. The van der Waals surface area contributed by atoms with Gasteiger partial charge in [0.25, 0.3) is 0 Å². The first-order valence-electron chi connectivity index (χ1n) is 8.65. The Kier molecular flexibility index (Phi) is 15.8. The van der Waals surface area contributed by atoms with Crippen LogP contribution in [-0.2, 0) is 4.79 Å². The number of hydrogen-bond donors (Lipinski definition) is 3. The number of guanidine groups is 1. The van der Waals surface area contributed by atoms with E-state index in [2.05, 4.69) is 39.9 Å². The predicted octanol–water partition coefficient (Wildman–Crippen LogP) is 2.20. The normalized spacial score (nSPS) is 11.9. The zero-order chi connectivity index (χ0) is 17.7. The second-order valence-electron chi connectivity index (χ2n) is 7.22. The molecule has 3 N–H and O–H groups in total. The smallest absolute Gasteiger partial charge is 0.239 e. The Morgan fingerprint density at radius 1 is 1.00 bits per heavy atom. The highest BCUT2D eigenvalue weighted by molar-refractivity contribution is 14.0. The fourth-order valence-electron chi connectivity index (χ4n) is 2.14. The van der Waals surface area contributed by atoms with Gasteiger partial charge >= 0.3 is 0 Å². The van der Waals surface area contributed by atoms with Crippen LogP contribution >= 0.6 is 24.0 Å². The monoisotopic (exact) mass is 455 g/mol. The minimum absolute atomic E-state index is 0. The summed E-state index contributed by atoms with van der Waals surface area (Å²) in [6.07, 6.45) is 6.18. The van der Waals surface area contributed by atoms with Crippen LogP contribution in [0.2, 0.25) is 0 Å². The molecule has 0 spiro atoms. The van der Waals surface area contributed by atoms with Gasteiger partial charge in [0.1, 0.15) is 0 Å². The topological polar surface area (TPSA) is 68.8 Å². The van der Waals surface area contributed by atoms with Gasteiger partial charge in [0, 0.05) is 19.1 Å². The van der Waals surface area contributed by atoms with Gasteiger partial charge in [0.15, 0.2) is 5.96 Å². The van der Waals surface area contributed by atoms with Crippen LogP contribution in [-0.4, -0.2) is 63.1 Å². The maximum Gasteiger partial charge on any atom is 0.239 e. The minimum atomic E-state index is -0.206. The molecule has 0 rings (SSSR count). The molecule has 0 atom stereocenters. The molecule has 24 heavy (non-hydrogen) atoms. The maximum atomic E-state index is 11.7. The molecule has 0 aliphatic heterocycles. The number of aliphatic imine (C=N–C) groups is 1. The third kappa shape index (κ3) is 17.8. The number of unbranched alkanes of at least 4 members (excludes halogenated alkanes) is 4. The first-order chi connectivity index (χ1) is 10.7. The van der Waals surface area contributed by atoms with Crippen molar-refractivity contribution >= 4 is 35.8 Å². The molecule has 0 aromatic rings. The van der Waals surface area contributed by atoms with Crippen LogP contribution in [0, 0.1) is 0 Å². The Balaban J connectivity index is 0. The molecule has 6 nitrogen and oxygen atoms in total. The van der Waals surface area contributed by atoms with E-state index in [-0.39, 0.29) is 42.0 Å². The van der Waals surface area contributed by atoms with Crippen LogP contribution in [0.15, 0.2) is 4.99 Å². The van der Waals surface area contributed by atoms with E-state index in [4.69, 9.17) is 0 Å². The average Bonchev–Trinajstić information content (AvgIpc) is 2.42. The van der Waals surface area contributed by atoms with E-state index < -0.39 is 0 Å². The summed E-state index contributed by atoms with van der Waals surface area (Å²) < 4.78 is 0. The number of carbonyl (C=O) groups is 1. The lowest BCUT2D eigenvalue weighted by molar-refractivity contribution is -0.121. The molecule has 0 aromatic carbocycles. The molecule has 0 aliphatic rings. The second kappa shape index (κ2) is 14.7. The quantitative estimate of drug-likeness (QED) is 0.205. The molecule has 7 heteroatoms. The summed E-state index contributed by atoms with van der Waals surface area (Å²) in [6.45, 7) is 8.20. The number of amides is 1. The van der Waals surface area contributed by atoms with Gasteiger partial charge in [-0.25, -0.2) is 0 Å². The number of halogens is 1. The Bertz CT molecular complexity index is 353. The third-order valence-electron chi connectivity index (χ3n) is 3.23. The van der Waals surface area contributed by atoms with Crippen LogP contribution in [0.4, 0.5) is 0 Å². The van der Waals surface area contributed by atoms with Crippen LogP contribution in [0.1, 0.15) is 52.9 Å². The Morgan fingerprint density at radius 3 is 2.12 bits per heavy atom. The number of nitrogens with zero attached hydrogens (tertiary/aromatic N) is 2. The summed E-state index contributed by atoms with van der Waals surface area (Å²) in [5.74, 6) is 0.656. The first kappa shape index (κ1) is 25.7. The highest BCUT2D eigenvalue weighted by atomic mass is 127. The van der Waals surface area contributed by atoms with Crippen molar-refractivity contribution in [1.82, 2.24) is 20.9 Å². The standard InChI is InChI=1S/C17H37N5O.HI/c1-17(2,3)21-15(23)14-20-16(18-4)19-12-10-8-7-9-11-13-22(5)6;/h7-14H2,1-6H3,(H,21,23)(H2,18,19,20);1H. The van der Waals surface area contributed by atoms with Crippen LogP contribution in [0.25, 0.3) is 0 Å². The van der Waals surface area contributed by atoms with Crippen molar-refractivity contribution in [3.63, 3.8) is 0 Å². The van der Waals surface area contributed by atoms with E-state index in [1.54, 1.807) is 7.05 Å². The maximum absolute atomic E-state index is 11.7. The van der Waals surface area contributed by atoms with Gasteiger partial charge in [-0.1, -0.05) is 19.3 Å². The third-order valence-corrected chi connectivity index (χ3v) is 3.23. The largest absolute Gasteiger partial charge is 0.356 e. The van der Waals surface area contributed by atoms with E-state index in [0.717, 1.165) is 13.0 Å². The Morgan fingerprint density at radius 2 is 1.58 bits per heavy atom. The van der Waals surface area contributed by atoms with Crippen LogP contribution in [0.5, 0.6) is 0 Å². The van der Waals surface area contributed by atoms with Gasteiger partial charge in [-0.05, 0) is 54.3 Å². The zero-order valence-corrected chi connectivity index (χ0v) is 18.7. The van der Waals surface area contributed by atoms with Gasteiger partial charge in [0.2, 0.25) is 5.91 Å². The van der Waals surface area contributed by atoms with Crippen LogP contribution in [0.3, 0.4) is 0 Å². The molecule has 0 unspecified atom stereocenters. The van der Waals surface area contributed by atoms with Crippen molar-refractivity contribution in [2.24, 2.45) is 4.99 Å². The molecule has 0 heterocycles. The fraction of sp³-hybridized carbons (Fsp3) is 0.882. The lowest BCUT2D eigenvalue weighted by Gasteiger charge is -2.21. The number of nitrogens with one attached hydrogen (secondary N) is 3. The van der Waals surface area contributed by atoms with E-state index in [1.165, 1.54) is 32.2 Å². The average molecular weight is 455 g/mol. The van der Waals surface area contributed by atoms with Crippen molar-refractivity contribution in [2.45, 2.75) is 58.4 Å². The fourth-order valence-corrected chi connectivity index (χ4v) is 2.14. The molecule has 0 saturated carbocycles. The van der Waals surface area contributed by atoms with Gasteiger partial charge in [0.05, 0.1) is 6.54 Å². The predicted molar refractivity (Wildman–Crippen MR) is 114 cm³/mol. The molecule has 0 aliphatic carbocycles. The minimum Gasteiger partial charge on any atom is -0.356 e. The van der Waals surface area contributed by atoms with E-state index in [9.17, 15) is 4.79 Å². The number of carbonyl (C=O) groups excluding carboxylic acids is 1. The van der Waals surface area contributed by atoms with E-state index in [0.29, 0.717) is 5.96 Å². The summed E-state index contributed by atoms with van der Waals surface area (Å²) in [7, 11) is 5.95. The summed E-state index contributed by atoms with van der Waals surface area (Å²) in [5, 5.41) is 9.20. The second-order valence-corrected chi connectivity index (χ2v) is 7.22. The molecule has 0 radical (unpaired) electrons. The number of rotatable bonds is 10. The molecule has 0 aromatic heterocycles. The van der Waals surface area contributed by atoms with Crippen LogP contribution < -0.4 is 16.0 Å². The van der Waals surface area contributed by atoms with Crippen molar-refractivity contribution < 1.29 is 4.79 Å². The molecule has 144 valence electrons. The first-order valence-corrected chi connectivity index (χ1v) is 8.65. The zero-order valence-electron chi connectivity index (χ0n) is 16.4. The van der Waals surface area contributed by atoms with E-state index in [1.807, 2.05) is 20.8 Å². The summed E-state index contributed by atoms with van der Waals surface area (Å²) in [6, 6.07) is 0. The summed E-state index contributed by atoms with van der Waals surface area (Å²) >= 11 is 0. The van der Waals surface area contributed by atoms with Gasteiger partial charge in [-0.3, -0.25) is 9.79 Å². The molecule has 0 saturated heterocycles. The van der Waals surface area contributed by atoms with Gasteiger partial charge in [-0.15, -0.1) is 24.0 Å². The van der Waals surface area contributed by atoms with E-state index >= 15 is 0 Å².